The molecule has 2 N–H and O–H groups in total. The number of anilines is 1. The highest BCUT2D eigenvalue weighted by Crippen LogP contribution is 2.30. The van der Waals surface area contributed by atoms with Crippen molar-refractivity contribution in [2.75, 3.05) is 5.32 Å². The van der Waals surface area contributed by atoms with Crippen LogP contribution in [0.2, 0.25) is 0 Å². The van der Waals surface area contributed by atoms with E-state index in [1.165, 1.54) is 12.1 Å². The predicted molar refractivity (Wildman–Crippen MR) is 115 cm³/mol. The van der Waals surface area contributed by atoms with Gasteiger partial charge in [0.15, 0.2) is 5.75 Å². The van der Waals surface area contributed by atoms with Crippen LogP contribution in [0.3, 0.4) is 0 Å². The number of ether oxygens (including phenoxy) is 1. The first-order chi connectivity index (χ1) is 14.4. The minimum atomic E-state index is -3.65. The molecule has 1 fully saturated rings. The van der Waals surface area contributed by atoms with Crippen molar-refractivity contribution in [3.63, 3.8) is 0 Å². The molecule has 4 rings (SSSR count). The van der Waals surface area contributed by atoms with E-state index < -0.39 is 15.9 Å². The largest absolute Gasteiger partial charge is 0.455 e. The van der Waals surface area contributed by atoms with E-state index in [9.17, 15) is 13.2 Å². The van der Waals surface area contributed by atoms with Crippen molar-refractivity contribution in [3.05, 3.63) is 83.9 Å². The summed E-state index contributed by atoms with van der Waals surface area (Å²) < 4.78 is 33.6. The lowest BCUT2D eigenvalue weighted by molar-refractivity contribution is 0.102. The van der Waals surface area contributed by atoms with Gasteiger partial charge < -0.3 is 10.1 Å². The molecule has 30 heavy (non-hydrogen) atoms. The number of carbonyl (C=O) groups excluding carboxylic acids is 1. The number of benzene rings is 3. The number of carbonyl (C=O) groups is 1. The molecule has 0 aromatic heterocycles. The highest BCUT2D eigenvalue weighted by Gasteiger charge is 2.28. The summed E-state index contributed by atoms with van der Waals surface area (Å²) in [5, 5.41) is 2.84. The van der Waals surface area contributed by atoms with E-state index in [1.54, 1.807) is 31.2 Å². The third-order valence-corrected chi connectivity index (χ3v) is 6.29. The van der Waals surface area contributed by atoms with Gasteiger partial charge in [0, 0.05) is 11.6 Å². The van der Waals surface area contributed by atoms with Gasteiger partial charge in [0.1, 0.15) is 5.75 Å². The Kier molecular flexibility index (Phi) is 5.57. The summed E-state index contributed by atoms with van der Waals surface area (Å²) in [5.74, 6) is 0.739. The maximum absolute atomic E-state index is 13.0. The number of aryl methyl sites for hydroxylation is 1. The summed E-state index contributed by atoms with van der Waals surface area (Å²) in [4.78, 5) is 13.1. The normalized spacial score (nSPS) is 13.6. The Morgan fingerprint density at radius 1 is 0.967 bits per heavy atom. The van der Waals surface area contributed by atoms with Crippen molar-refractivity contribution in [2.24, 2.45) is 0 Å². The van der Waals surface area contributed by atoms with Gasteiger partial charge >= 0.3 is 0 Å². The zero-order chi connectivity index (χ0) is 21.1. The molecule has 1 saturated carbocycles. The minimum absolute atomic E-state index is 0.00408. The van der Waals surface area contributed by atoms with Crippen LogP contribution in [-0.2, 0) is 10.0 Å². The van der Waals surface area contributed by atoms with Crippen LogP contribution in [0.4, 0.5) is 5.69 Å². The summed E-state index contributed by atoms with van der Waals surface area (Å²) >= 11 is 0. The Morgan fingerprint density at radius 2 is 1.67 bits per heavy atom. The zero-order valence-electron chi connectivity index (χ0n) is 16.5. The van der Waals surface area contributed by atoms with E-state index in [0.29, 0.717) is 28.3 Å². The smallest absolute Gasteiger partial charge is 0.256 e. The number of hydrogen-bond acceptors (Lipinski definition) is 4. The second-order valence-electron chi connectivity index (χ2n) is 7.24. The SMILES string of the molecule is Cc1ccc(S(=O)(=O)NC2CC2)cc1C(=O)Nc1ccccc1Oc1ccccc1. The Morgan fingerprint density at radius 3 is 2.40 bits per heavy atom. The molecule has 6 nitrogen and oxygen atoms in total. The van der Waals surface area contributed by atoms with Gasteiger partial charge in [-0.05, 0) is 61.7 Å². The van der Waals surface area contributed by atoms with E-state index in [0.717, 1.165) is 12.8 Å². The molecule has 0 aliphatic heterocycles. The Labute approximate surface area is 176 Å². The molecule has 0 atom stereocenters. The lowest BCUT2D eigenvalue weighted by atomic mass is 10.1. The number of hydrogen-bond donors (Lipinski definition) is 2. The molecule has 3 aromatic rings. The monoisotopic (exact) mass is 422 g/mol. The minimum Gasteiger partial charge on any atom is -0.455 e. The molecule has 154 valence electrons. The van der Waals surface area contributed by atoms with Crippen LogP contribution >= 0.6 is 0 Å². The second-order valence-corrected chi connectivity index (χ2v) is 8.95. The van der Waals surface area contributed by atoms with E-state index in [-0.39, 0.29) is 10.9 Å². The molecule has 0 heterocycles. The van der Waals surface area contributed by atoms with Crippen LogP contribution in [-0.4, -0.2) is 20.4 Å². The van der Waals surface area contributed by atoms with Crippen molar-refractivity contribution < 1.29 is 17.9 Å². The fourth-order valence-corrected chi connectivity index (χ4v) is 4.30. The maximum atomic E-state index is 13.0. The van der Waals surface area contributed by atoms with Crippen molar-refractivity contribution in [1.82, 2.24) is 4.72 Å². The molecular formula is C23H22N2O4S. The van der Waals surface area contributed by atoms with Crippen LogP contribution in [0, 0.1) is 6.92 Å². The first-order valence-corrected chi connectivity index (χ1v) is 11.2. The fourth-order valence-electron chi connectivity index (χ4n) is 2.97. The van der Waals surface area contributed by atoms with Crippen LogP contribution < -0.4 is 14.8 Å². The highest BCUT2D eigenvalue weighted by molar-refractivity contribution is 7.89. The summed E-state index contributed by atoms with van der Waals surface area (Å²) in [6, 6.07) is 20.9. The molecule has 7 heteroatoms. The summed E-state index contributed by atoms with van der Waals surface area (Å²) in [6.45, 7) is 1.77. The average Bonchev–Trinajstić information content (AvgIpc) is 3.53. The molecule has 3 aromatic carbocycles. The van der Waals surface area contributed by atoms with Crippen molar-refractivity contribution in [1.29, 1.82) is 0 Å². The third-order valence-electron chi connectivity index (χ3n) is 4.77. The molecule has 1 aliphatic carbocycles. The predicted octanol–water partition coefficient (Wildman–Crippen LogP) is 4.48. The van der Waals surface area contributed by atoms with Crippen molar-refractivity contribution in [3.8, 4) is 11.5 Å². The lowest BCUT2D eigenvalue weighted by Crippen LogP contribution is -2.26. The Bertz CT molecular complexity index is 1170. The van der Waals surface area contributed by atoms with Crippen LogP contribution in [0.15, 0.2) is 77.7 Å². The van der Waals surface area contributed by atoms with Gasteiger partial charge in [-0.15, -0.1) is 0 Å². The van der Waals surface area contributed by atoms with Gasteiger partial charge in [0.2, 0.25) is 10.0 Å². The molecule has 0 saturated heterocycles. The fraction of sp³-hybridized carbons (Fsp3) is 0.174. The summed E-state index contributed by atoms with van der Waals surface area (Å²) in [6.07, 6.45) is 1.69. The van der Waals surface area contributed by atoms with E-state index in [1.807, 2.05) is 36.4 Å². The maximum Gasteiger partial charge on any atom is 0.256 e. The molecule has 0 bridgehead atoms. The van der Waals surface area contributed by atoms with Gasteiger partial charge in [0.25, 0.3) is 5.91 Å². The second kappa shape index (κ2) is 8.30. The van der Waals surface area contributed by atoms with Gasteiger partial charge in [-0.2, -0.15) is 0 Å². The molecular weight excluding hydrogens is 400 g/mol. The molecule has 1 amide bonds. The van der Waals surface area contributed by atoms with Crippen LogP contribution in [0.1, 0.15) is 28.8 Å². The van der Waals surface area contributed by atoms with Crippen molar-refractivity contribution >= 4 is 21.6 Å². The van der Waals surface area contributed by atoms with Crippen LogP contribution in [0.25, 0.3) is 0 Å². The van der Waals surface area contributed by atoms with Crippen LogP contribution in [0.5, 0.6) is 11.5 Å². The number of rotatable bonds is 7. The molecule has 0 unspecified atom stereocenters. The van der Waals surface area contributed by atoms with Gasteiger partial charge in [-0.3, -0.25) is 4.79 Å². The first-order valence-electron chi connectivity index (χ1n) is 9.69. The number of para-hydroxylation sites is 3. The topological polar surface area (TPSA) is 84.5 Å². The van der Waals surface area contributed by atoms with E-state index in [2.05, 4.69) is 10.0 Å². The first kappa shape index (κ1) is 20.1. The van der Waals surface area contributed by atoms with E-state index in [4.69, 9.17) is 4.74 Å². The summed E-state index contributed by atoms with van der Waals surface area (Å²) in [7, 11) is -3.65. The van der Waals surface area contributed by atoms with Crippen molar-refractivity contribution in [2.45, 2.75) is 30.7 Å². The molecule has 1 aliphatic rings. The number of amides is 1. The highest BCUT2D eigenvalue weighted by atomic mass is 32.2. The standard InChI is InChI=1S/C23H22N2O4S/c1-16-11-14-19(30(27,28)25-17-12-13-17)15-20(16)23(26)24-21-9-5-6-10-22(21)29-18-7-3-2-4-8-18/h2-11,14-15,17,25H,12-13H2,1H3,(H,24,26). The number of sulfonamides is 1. The summed E-state index contributed by atoms with van der Waals surface area (Å²) in [5.41, 5.74) is 1.47. The zero-order valence-corrected chi connectivity index (χ0v) is 17.3. The third kappa shape index (κ3) is 4.69. The number of nitrogens with one attached hydrogen (secondary N) is 2. The van der Waals surface area contributed by atoms with E-state index >= 15 is 0 Å². The van der Waals surface area contributed by atoms with Gasteiger partial charge in [-0.25, -0.2) is 13.1 Å². The quantitative estimate of drug-likeness (QED) is 0.588. The molecule has 0 radical (unpaired) electrons. The van der Waals surface area contributed by atoms with Gasteiger partial charge in [0.05, 0.1) is 10.6 Å². The lowest BCUT2D eigenvalue weighted by Gasteiger charge is -2.14. The van der Waals surface area contributed by atoms with Gasteiger partial charge in [-0.1, -0.05) is 36.4 Å². The average molecular weight is 423 g/mol. The Balaban J connectivity index is 1.58. The molecule has 0 spiro atoms. The Hall–Kier alpha value is -3.16.